The van der Waals surface area contributed by atoms with Gasteiger partial charge < -0.3 is 15.2 Å². The second kappa shape index (κ2) is 7.49. The summed E-state index contributed by atoms with van der Waals surface area (Å²) in [4.78, 5) is 26.6. The van der Waals surface area contributed by atoms with Crippen molar-refractivity contribution in [2.45, 2.75) is 5.03 Å². The fourth-order valence-corrected chi connectivity index (χ4v) is 3.19. The predicted molar refractivity (Wildman–Crippen MR) is 89.9 cm³/mol. The molecule has 1 heterocycles. The van der Waals surface area contributed by atoms with Gasteiger partial charge in [-0.2, -0.15) is 0 Å². The molecule has 0 aliphatic rings. The van der Waals surface area contributed by atoms with E-state index < -0.39 is 32.5 Å². The molecule has 0 spiro atoms. The van der Waals surface area contributed by atoms with Crippen LogP contribution in [0.5, 0.6) is 5.75 Å². The first-order valence-electron chi connectivity index (χ1n) is 6.78. The minimum Gasteiger partial charge on any atom is -0.495 e. The maximum absolute atomic E-state index is 12.3. The summed E-state index contributed by atoms with van der Waals surface area (Å²) in [6, 6.07) is 6.52. The number of methoxy groups -OCH3 is 1. The average molecular weight is 385 g/mol. The first-order chi connectivity index (χ1) is 11.7. The maximum Gasteiger partial charge on any atom is 0.335 e. The van der Waals surface area contributed by atoms with Crippen molar-refractivity contribution >= 4 is 39.0 Å². The van der Waals surface area contributed by atoms with Crippen LogP contribution in [0.25, 0.3) is 0 Å². The number of rotatable bonds is 6. The summed E-state index contributed by atoms with van der Waals surface area (Å²) in [6.45, 7) is 0. The molecule has 0 unspecified atom stereocenters. The Labute approximate surface area is 148 Å². The molecule has 0 aliphatic heterocycles. The number of amides is 1. The third-order valence-electron chi connectivity index (χ3n) is 3.06. The van der Waals surface area contributed by atoms with Crippen LogP contribution in [0.1, 0.15) is 10.4 Å². The number of ether oxygens (including phenoxy) is 1. The van der Waals surface area contributed by atoms with E-state index in [1.165, 1.54) is 19.2 Å². The highest BCUT2D eigenvalue weighted by atomic mass is 35.5. The molecule has 0 atom stereocenters. The normalized spacial score (nSPS) is 11.0. The second-order valence-electron chi connectivity index (χ2n) is 4.84. The summed E-state index contributed by atoms with van der Waals surface area (Å²) >= 11 is 5.84. The average Bonchev–Trinajstić information content (AvgIpc) is 2.54. The third-order valence-corrected chi connectivity index (χ3v) is 4.80. The van der Waals surface area contributed by atoms with Gasteiger partial charge in [-0.1, -0.05) is 11.6 Å². The zero-order chi connectivity index (χ0) is 18.6. The number of hydrogen-bond acceptors (Lipinski definition) is 6. The number of pyridine rings is 1. The highest BCUT2D eigenvalue weighted by Crippen LogP contribution is 2.27. The monoisotopic (exact) mass is 384 g/mol. The van der Waals surface area contributed by atoms with Crippen molar-refractivity contribution in [3.8, 4) is 5.75 Å². The predicted octanol–water partition coefficient (Wildman–Crippen LogP) is 1.85. The number of hydrogen-bond donors (Lipinski definition) is 2. The largest absolute Gasteiger partial charge is 0.495 e. The number of benzene rings is 1. The van der Waals surface area contributed by atoms with Gasteiger partial charge in [0.1, 0.15) is 11.5 Å². The summed E-state index contributed by atoms with van der Waals surface area (Å²) in [5.74, 6) is -2.75. The van der Waals surface area contributed by atoms with Gasteiger partial charge in [-0.05, 0) is 30.3 Å². The van der Waals surface area contributed by atoms with Crippen LogP contribution in [0.15, 0.2) is 41.6 Å². The molecule has 1 amide bonds. The highest BCUT2D eigenvalue weighted by Gasteiger charge is 2.23. The fourth-order valence-electron chi connectivity index (χ4n) is 1.92. The van der Waals surface area contributed by atoms with E-state index >= 15 is 0 Å². The third kappa shape index (κ3) is 4.68. The number of carbonyl (C=O) groups is 2. The lowest BCUT2D eigenvalue weighted by atomic mass is 10.3. The van der Waals surface area contributed by atoms with Crippen molar-refractivity contribution in [3.05, 3.63) is 47.1 Å². The van der Waals surface area contributed by atoms with Gasteiger partial charge in [0.25, 0.3) is 0 Å². The zero-order valence-electron chi connectivity index (χ0n) is 12.9. The highest BCUT2D eigenvalue weighted by molar-refractivity contribution is 7.92. The molecule has 0 fully saturated rings. The van der Waals surface area contributed by atoms with Gasteiger partial charge in [0, 0.05) is 11.2 Å². The van der Waals surface area contributed by atoms with Crippen LogP contribution in [0, 0.1) is 0 Å². The first-order valence-corrected chi connectivity index (χ1v) is 8.81. The topological polar surface area (TPSA) is 123 Å². The summed E-state index contributed by atoms with van der Waals surface area (Å²) in [6.07, 6.45) is 1.05. The van der Waals surface area contributed by atoms with Crippen molar-refractivity contribution in [1.29, 1.82) is 0 Å². The smallest absolute Gasteiger partial charge is 0.335 e. The Morgan fingerprint density at radius 2 is 2.00 bits per heavy atom. The van der Waals surface area contributed by atoms with Gasteiger partial charge in [0.2, 0.25) is 15.7 Å². The molecule has 1 aromatic heterocycles. The lowest BCUT2D eigenvalue weighted by molar-refractivity contribution is -0.113. The van der Waals surface area contributed by atoms with E-state index in [-0.39, 0.29) is 11.3 Å². The van der Waals surface area contributed by atoms with Gasteiger partial charge in [-0.3, -0.25) is 4.79 Å². The number of aromatic nitrogens is 1. The molecule has 0 radical (unpaired) electrons. The van der Waals surface area contributed by atoms with Crippen LogP contribution in [-0.2, 0) is 14.6 Å². The van der Waals surface area contributed by atoms with Crippen molar-refractivity contribution in [1.82, 2.24) is 4.98 Å². The van der Waals surface area contributed by atoms with E-state index in [1.807, 2.05) is 0 Å². The number of carboxylic acids is 1. The molecule has 0 saturated carbocycles. The lowest BCUT2D eigenvalue weighted by Crippen LogP contribution is -2.24. The van der Waals surface area contributed by atoms with Crippen LogP contribution in [0.3, 0.4) is 0 Å². The first kappa shape index (κ1) is 18.7. The Morgan fingerprint density at radius 3 is 2.64 bits per heavy atom. The molecule has 2 N–H and O–H groups in total. The standard InChI is InChI=1S/C15H13ClN2O6S/c1-24-12-3-2-10(16)7-11(12)18-13(19)8-25(22,23)14-6-9(15(20)21)4-5-17-14/h2-7H,8H2,1H3,(H,18,19)(H,20,21). The minimum absolute atomic E-state index is 0.211. The Morgan fingerprint density at radius 1 is 1.28 bits per heavy atom. The fraction of sp³-hybridized carbons (Fsp3) is 0.133. The summed E-state index contributed by atoms with van der Waals surface area (Å²) < 4.78 is 29.6. The number of halogens is 1. The van der Waals surface area contributed by atoms with Crippen molar-refractivity contribution in [2.75, 3.05) is 18.2 Å². The van der Waals surface area contributed by atoms with Crippen molar-refractivity contribution in [2.24, 2.45) is 0 Å². The number of carbonyl (C=O) groups excluding carboxylic acids is 1. The summed E-state index contributed by atoms with van der Waals surface area (Å²) in [5.41, 5.74) is -0.0343. The van der Waals surface area contributed by atoms with Crippen LogP contribution < -0.4 is 10.1 Å². The van der Waals surface area contributed by atoms with Crippen molar-refractivity contribution < 1.29 is 27.9 Å². The number of carboxylic acid groups (broad SMARTS) is 1. The lowest BCUT2D eigenvalue weighted by Gasteiger charge is -2.10. The van der Waals surface area contributed by atoms with Crippen LogP contribution >= 0.6 is 11.6 Å². The van der Waals surface area contributed by atoms with Crippen LogP contribution in [0.4, 0.5) is 5.69 Å². The maximum atomic E-state index is 12.3. The molecule has 10 heteroatoms. The number of nitrogens with zero attached hydrogens (tertiary/aromatic N) is 1. The number of nitrogens with one attached hydrogen (secondary N) is 1. The van der Waals surface area contributed by atoms with Gasteiger partial charge >= 0.3 is 5.97 Å². The Hall–Kier alpha value is -2.65. The summed E-state index contributed by atoms with van der Waals surface area (Å²) in [5, 5.41) is 11.1. The van der Waals surface area contributed by atoms with E-state index in [0.29, 0.717) is 10.8 Å². The van der Waals surface area contributed by atoms with Gasteiger partial charge in [0.05, 0.1) is 18.4 Å². The molecule has 2 aromatic rings. The molecule has 0 bridgehead atoms. The number of aromatic carboxylic acids is 1. The Balaban J connectivity index is 2.21. The SMILES string of the molecule is COc1ccc(Cl)cc1NC(=O)CS(=O)(=O)c1cc(C(=O)O)ccn1. The molecule has 2 rings (SSSR count). The van der Waals surface area contributed by atoms with Gasteiger partial charge in [0.15, 0.2) is 5.03 Å². The quantitative estimate of drug-likeness (QED) is 0.779. The molecule has 25 heavy (non-hydrogen) atoms. The van der Waals surface area contributed by atoms with Gasteiger partial charge in [-0.25, -0.2) is 18.2 Å². The Kier molecular flexibility index (Phi) is 5.60. The number of sulfone groups is 1. The minimum atomic E-state index is -4.13. The summed E-state index contributed by atoms with van der Waals surface area (Å²) in [7, 11) is -2.74. The molecule has 1 aromatic carbocycles. The Bertz CT molecular complexity index is 929. The number of anilines is 1. The van der Waals surface area contributed by atoms with E-state index in [4.69, 9.17) is 21.4 Å². The van der Waals surface area contributed by atoms with Crippen LogP contribution in [0.2, 0.25) is 5.02 Å². The molecular weight excluding hydrogens is 372 g/mol. The molecule has 0 saturated heterocycles. The van der Waals surface area contributed by atoms with E-state index in [0.717, 1.165) is 18.3 Å². The molecule has 8 nitrogen and oxygen atoms in total. The van der Waals surface area contributed by atoms with E-state index in [9.17, 15) is 18.0 Å². The zero-order valence-corrected chi connectivity index (χ0v) is 14.5. The molecule has 0 aliphatic carbocycles. The van der Waals surface area contributed by atoms with E-state index in [1.54, 1.807) is 6.07 Å². The molecular formula is C15H13ClN2O6S. The molecule has 132 valence electrons. The van der Waals surface area contributed by atoms with E-state index in [2.05, 4.69) is 10.3 Å². The second-order valence-corrected chi connectivity index (χ2v) is 7.21. The van der Waals surface area contributed by atoms with Gasteiger partial charge in [-0.15, -0.1) is 0 Å². The van der Waals surface area contributed by atoms with Crippen LogP contribution in [-0.4, -0.2) is 43.2 Å². The van der Waals surface area contributed by atoms with Crippen molar-refractivity contribution in [3.63, 3.8) is 0 Å².